The van der Waals surface area contributed by atoms with Crippen LogP contribution in [0.2, 0.25) is 0 Å². The molecule has 0 heterocycles. The van der Waals surface area contributed by atoms with Gasteiger partial charge in [-0.05, 0) is 18.6 Å². The molecular formula is C11H16O2. The van der Waals surface area contributed by atoms with Crippen molar-refractivity contribution in [2.24, 2.45) is 0 Å². The van der Waals surface area contributed by atoms with E-state index in [2.05, 4.69) is 13.5 Å². The zero-order valence-corrected chi connectivity index (χ0v) is 8.16. The first kappa shape index (κ1) is 11.6. The Morgan fingerprint density at radius 1 is 1.46 bits per heavy atom. The number of para-hydroxylation sites is 2. The number of hydrogen-bond donors (Lipinski definition) is 1. The molecule has 0 saturated carbocycles. The maximum Gasteiger partial charge on any atom is 0.160 e. The van der Waals surface area contributed by atoms with E-state index in [1.807, 2.05) is 6.08 Å². The largest absolute Gasteiger partial charge is 0.504 e. The average molecular weight is 180 g/mol. The summed E-state index contributed by atoms with van der Waals surface area (Å²) in [6.45, 7) is 5.54. The Morgan fingerprint density at radius 2 is 2.00 bits per heavy atom. The molecule has 0 unspecified atom stereocenters. The summed E-state index contributed by atoms with van der Waals surface area (Å²) in [5.74, 6) is 0.692. The Morgan fingerprint density at radius 3 is 2.31 bits per heavy atom. The number of phenols is 1. The van der Waals surface area contributed by atoms with E-state index in [0.717, 1.165) is 6.42 Å². The molecule has 72 valence electrons. The van der Waals surface area contributed by atoms with Gasteiger partial charge in [-0.2, -0.15) is 0 Å². The predicted octanol–water partition coefficient (Wildman–Crippen LogP) is 2.98. The molecular weight excluding hydrogens is 164 g/mol. The zero-order chi connectivity index (χ0) is 10.1. The van der Waals surface area contributed by atoms with Crippen molar-refractivity contribution in [1.82, 2.24) is 0 Å². The topological polar surface area (TPSA) is 29.5 Å². The van der Waals surface area contributed by atoms with Crippen molar-refractivity contribution < 1.29 is 9.84 Å². The molecule has 0 spiro atoms. The van der Waals surface area contributed by atoms with Gasteiger partial charge in [0.25, 0.3) is 0 Å². The molecule has 0 aliphatic heterocycles. The van der Waals surface area contributed by atoms with Crippen LogP contribution in [0.4, 0.5) is 0 Å². The summed E-state index contributed by atoms with van der Waals surface area (Å²) in [6.07, 6.45) is 2.96. The van der Waals surface area contributed by atoms with E-state index in [1.54, 1.807) is 24.3 Å². The SMILES string of the molecule is C=CCC.COc1ccccc1O. The standard InChI is InChI=1S/C7H8O2.C4H8/c1-9-7-5-3-2-4-6(7)8;1-3-4-2/h2-5,8H,1H3;3H,1,4H2,2H3. The van der Waals surface area contributed by atoms with E-state index in [-0.39, 0.29) is 5.75 Å². The van der Waals surface area contributed by atoms with Gasteiger partial charge in [-0.3, -0.25) is 0 Å². The normalized spacial score (nSPS) is 8.15. The minimum atomic E-state index is 0.181. The lowest BCUT2D eigenvalue weighted by atomic mass is 10.3. The minimum Gasteiger partial charge on any atom is -0.504 e. The fraction of sp³-hybridized carbons (Fsp3) is 0.273. The van der Waals surface area contributed by atoms with Crippen LogP contribution in [0.25, 0.3) is 0 Å². The molecule has 0 fully saturated rings. The number of methoxy groups -OCH3 is 1. The van der Waals surface area contributed by atoms with Crippen molar-refractivity contribution in [3.8, 4) is 11.5 Å². The minimum absolute atomic E-state index is 0.181. The molecule has 1 N–H and O–H groups in total. The van der Waals surface area contributed by atoms with Crippen LogP contribution >= 0.6 is 0 Å². The first-order valence-electron chi connectivity index (χ1n) is 4.19. The zero-order valence-electron chi connectivity index (χ0n) is 8.16. The van der Waals surface area contributed by atoms with Gasteiger partial charge in [0, 0.05) is 0 Å². The first-order chi connectivity index (χ1) is 6.26. The molecule has 0 radical (unpaired) electrons. The Bertz CT molecular complexity index is 244. The van der Waals surface area contributed by atoms with Gasteiger partial charge in [0.1, 0.15) is 0 Å². The molecule has 0 atom stereocenters. The highest BCUT2D eigenvalue weighted by Gasteiger charge is 1.94. The maximum atomic E-state index is 8.99. The van der Waals surface area contributed by atoms with Gasteiger partial charge in [0.05, 0.1) is 7.11 Å². The Kier molecular flexibility index (Phi) is 6.42. The highest BCUT2D eigenvalue weighted by molar-refractivity contribution is 5.37. The Labute approximate surface area is 79.5 Å². The molecule has 0 aliphatic carbocycles. The van der Waals surface area contributed by atoms with Gasteiger partial charge in [-0.25, -0.2) is 0 Å². The fourth-order valence-corrected chi connectivity index (χ4v) is 0.630. The van der Waals surface area contributed by atoms with E-state index < -0.39 is 0 Å². The molecule has 0 saturated heterocycles. The summed E-state index contributed by atoms with van der Waals surface area (Å²) in [5, 5.41) is 8.99. The highest BCUT2D eigenvalue weighted by atomic mass is 16.5. The average Bonchev–Trinajstić information content (AvgIpc) is 2.19. The Balaban J connectivity index is 0.000000310. The number of phenolic OH excluding ortho intramolecular Hbond substituents is 1. The van der Waals surface area contributed by atoms with Crippen LogP contribution < -0.4 is 4.74 Å². The summed E-state index contributed by atoms with van der Waals surface area (Å²) in [4.78, 5) is 0. The monoisotopic (exact) mass is 180 g/mol. The van der Waals surface area contributed by atoms with Crippen molar-refractivity contribution in [2.75, 3.05) is 7.11 Å². The van der Waals surface area contributed by atoms with Crippen molar-refractivity contribution in [1.29, 1.82) is 0 Å². The molecule has 1 rings (SSSR count). The van der Waals surface area contributed by atoms with Crippen LogP contribution in [0.1, 0.15) is 13.3 Å². The fourth-order valence-electron chi connectivity index (χ4n) is 0.630. The summed E-state index contributed by atoms with van der Waals surface area (Å²) < 4.78 is 4.79. The lowest BCUT2D eigenvalue weighted by Gasteiger charge is -1.99. The Hall–Kier alpha value is -1.44. The third kappa shape index (κ3) is 4.90. The quantitative estimate of drug-likeness (QED) is 0.709. The number of aromatic hydroxyl groups is 1. The molecule has 0 aromatic heterocycles. The lowest BCUT2D eigenvalue weighted by molar-refractivity contribution is 0.373. The molecule has 0 amide bonds. The van der Waals surface area contributed by atoms with Crippen LogP contribution in [0.15, 0.2) is 36.9 Å². The first-order valence-corrected chi connectivity index (χ1v) is 4.19. The smallest absolute Gasteiger partial charge is 0.160 e. The summed E-state index contributed by atoms with van der Waals surface area (Å²) >= 11 is 0. The van der Waals surface area contributed by atoms with Gasteiger partial charge in [0.2, 0.25) is 0 Å². The van der Waals surface area contributed by atoms with E-state index in [1.165, 1.54) is 7.11 Å². The van der Waals surface area contributed by atoms with Crippen LogP contribution in [0, 0.1) is 0 Å². The van der Waals surface area contributed by atoms with Crippen molar-refractivity contribution in [3.63, 3.8) is 0 Å². The summed E-state index contributed by atoms with van der Waals surface area (Å²) in [5.41, 5.74) is 0. The second-order valence-electron chi connectivity index (χ2n) is 2.37. The molecule has 2 heteroatoms. The van der Waals surface area contributed by atoms with Crippen molar-refractivity contribution in [2.45, 2.75) is 13.3 Å². The second-order valence-corrected chi connectivity index (χ2v) is 2.37. The van der Waals surface area contributed by atoms with Crippen molar-refractivity contribution in [3.05, 3.63) is 36.9 Å². The van der Waals surface area contributed by atoms with Crippen molar-refractivity contribution >= 4 is 0 Å². The number of benzene rings is 1. The summed E-state index contributed by atoms with van der Waals surface area (Å²) in [6, 6.07) is 6.84. The number of ether oxygens (including phenoxy) is 1. The molecule has 1 aromatic rings. The van der Waals surface area contributed by atoms with E-state index in [9.17, 15) is 0 Å². The number of allylic oxidation sites excluding steroid dienone is 1. The van der Waals surface area contributed by atoms with Gasteiger partial charge in [-0.15, -0.1) is 6.58 Å². The van der Waals surface area contributed by atoms with Crippen LogP contribution in [0.3, 0.4) is 0 Å². The second kappa shape index (κ2) is 7.22. The predicted molar refractivity (Wildman–Crippen MR) is 55.1 cm³/mol. The van der Waals surface area contributed by atoms with Crippen LogP contribution in [-0.4, -0.2) is 12.2 Å². The van der Waals surface area contributed by atoms with E-state index >= 15 is 0 Å². The van der Waals surface area contributed by atoms with E-state index in [0.29, 0.717) is 5.75 Å². The maximum absolute atomic E-state index is 8.99. The number of rotatable bonds is 2. The van der Waals surface area contributed by atoms with Crippen LogP contribution in [-0.2, 0) is 0 Å². The van der Waals surface area contributed by atoms with Crippen LogP contribution in [0.5, 0.6) is 11.5 Å². The van der Waals surface area contributed by atoms with Gasteiger partial charge < -0.3 is 9.84 Å². The molecule has 13 heavy (non-hydrogen) atoms. The third-order valence-corrected chi connectivity index (χ3v) is 1.37. The molecule has 1 aromatic carbocycles. The number of hydrogen-bond acceptors (Lipinski definition) is 2. The summed E-state index contributed by atoms with van der Waals surface area (Å²) in [7, 11) is 1.52. The third-order valence-electron chi connectivity index (χ3n) is 1.37. The highest BCUT2D eigenvalue weighted by Crippen LogP contribution is 2.22. The molecule has 0 aliphatic rings. The van der Waals surface area contributed by atoms with Gasteiger partial charge in [0.15, 0.2) is 11.5 Å². The molecule has 2 nitrogen and oxygen atoms in total. The van der Waals surface area contributed by atoms with Gasteiger partial charge >= 0.3 is 0 Å². The lowest BCUT2D eigenvalue weighted by Crippen LogP contribution is -1.80. The van der Waals surface area contributed by atoms with E-state index in [4.69, 9.17) is 9.84 Å². The van der Waals surface area contributed by atoms with Gasteiger partial charge in [-0.1, -0.05) is 25.1 Å². The molecule has 0 bridgehead atoms.